The fourth-order valence-electron chi connectivity index (χ4n) is 3.21. The summed E-state index contributed by atoms with van der Waals surface area (Å²) in [6, 6.07) is 10.8. The van der Waals surface area contributed by atoms with E-state index in [4.69, 9.17) is 5.11 Å². The van der Waals surface area contributed by atoms with Crippen LogP contribution in [0.3, 0.4) is 0 Å². The second-order valence-electron chi connectivity index (χ2n) is 6.67. The molecule has 1 aliphatic heterocycles. The summed E-state index contributed by atoms with van der Waals surface area (Å²) in [5, 5.41) is 11.9. The minimum absolute atomic E-state index is 0.0527. The number of amides is 2. The lowest BCUT2D eigenvalue weighted by molar-refractivity contribution is 0.164. The Labute approximate surface area is 139 Å². The van der Waals surface area contributed by atoms with Gasteiger partial charge in [0.2, 0.25) is 0 Å². The molecule has 1 saturated heterocycles. The summed E-state index contributed by atoms with van der Waals surface area (Å²) in [6.07, 6.45) is 6.12. The van der Waals surface area contributed by atoms with E-state index in [2.05, 4.69) is 35.6 Å². The molecule has 0 radical (unpaired) electrons. The Morgan fingerprint density at radius 3 is 2.65 bits per heavy atom. The number of urea groups is 1. The highest BCUT2D eigenvalue weighted by atomic mass is 16.3. The van der Waals surface area contributed by atoms with E-state index in [9.17, 15) is 4.79 Å². The molecule has 4 heteroatoms. The molecule has 1 aromatic rings. The Kier molecular flexibility index (Phi) is 7.40. The standard InChI is InChI=1S/C19H30N2O2/c1-16(6-5-15-22)20-19(23)21-13-11-18(12-14-21)10-9-17-7-3-2-4-8-17/h2-4,7-8,16,18,22H,5-6,9-15H2,1H3,(H,20,23). The molecular weight excluding hydrogens is 288 g/mol. The van der Waals surface area contributed by atoms with E-state index in [1.807, 2.05) is 11.8 Å². The molecule has 1 fully saturated rings. The van der Waals surface area contributed by atoms with Crippen molar-refractivity contribution in [1.82, 2.24) is 10.2 Å². The average molecular weight is 318 g/mol. The van der Waals surface area contributed by atoms with Crippen molar-refractivity contribution in [1.29, 1.82) is 0 Å². The molecule has 0 saturated carbocycles. The Balaban J connectivity index is 1.66. The third-order valence-electron chi connectivity index (χ3n) is 4.75. The van der Waals surface area contributed by atoms with E-state index in [1.54, 1.807) is 0 Å². The normalized spacial score (nSPS) is 17.0. The lowest BCUT2D eigenvalue weighted by Gasteiger charge is -2.33. The number of hydrogen-bond donors (Lipinski definition) is 2. The van der Waals surface area contributed by atoms with E-state index in [1.165, 1.54) is 12.0 Å². The summed E-state index contributed by atoms with van der Waals surface area (Å²) in [4.78, 5) is 14.1. The summed E-state index contributed by atoms with van der Waals surface area (Å²) < 4.78 is 0. The van der Waals surface area contributed by atoms with Crippen molar-refractivity contribution in [2.75, 3.05) is 19.7 Å². The quantitative estimate of drug-likeness (QED) is 0.811. The van der Waals surface area contributed by atoms with Gasteiger partial charge in [0, 0.05) is 25.7 Å². The molecule has 2 amide bonds. The van der Waals surface area contributed by atoms with Crippen molar-refractivity contribution in [3.05, 3.63) is 35.9 Å². The number of aryl methyl sites for hydroxylation is 1. The van der Waals surface area contributed by atoms with Crippen molar-refractivity contribution in [3.63, 3.8) is 0 Å². The van der Waals surface area contributed by atoms with Crippen LogP contribution in [0.15, 0.2) is 30.3 Å². The van der Waals surface area contributed by atoms with Crippen molar-refractivity contribution >= 4 is 6.03 Å². The van der Waals surface area contributed by atoms with Gasteiger partial charge < -0.3 is 15.3 Å². The maximum atomic E-state index is 12.2. The van der Waals surface area contributed by atoms with Gasteiger partial charge in [-0.2, -0.15) is 0 Å². The van der Waals surface area contributed by atoms with Crippen LogP contribution in [0.2, 0.25) is 0 Å². The van der Waals surface area contributed by atoms with Gasteiger partial charge in [0.25, 0.3) is 0 Å². The molecule has 0 bridgehead atoms. The zero-order valence-electron chi connectivity index (χ0n) is 14.2. The first kappa shape index (κ1) is 17.8. The molecule has 1 aromatic carbocycles. The molecule has 1 unspecified atom stereocenters. The van der Waals surface area contributed by atoms with Gasteiger partial charge in [0.05, 0.1) is 0 Å². The summed E-state index contributed by atoms with van der Waals surface area (Å²) in [6.45, 7) is 3.91. The Bertz CT molecular complexity index is 456. The lowest BCUT2D eigenvalue weighted by Crippen LogP contribution is -2.47. The predicted octanol–water partition coefficient (Wildman–Crippen LogP) is 3.20. The molecule has 1 aliphatic rings. The van der Waals surface area contributed by atoms with E-state index >= 15 is 0 Å². The summed E-state index contributed by atoms with van der Waals surface area (Å²) in [5.74, 6) is 0.728. The zero-order valence-corrected chi connectivity index (χ0v) is 14.2. The third kappa shape index (κ3) is 6.22. The molecule has 2 rings (SSSR count). The monoisotopic (exact) mass is 318 g/mol. The Hall–Kier alpha value is -1.55. The number of piperidine rings is 1. The SMILES string of the molecule is CC(CCCO)NC(=O)N1CCC(CCc2ccccc2)CC1. The number of rotatable bonds is 7. The second-order valence-corrected chi connectivity index (χ2v) is 6.67. The number of carbonyl (C=O) groups is 1. The van der Waals surface area contributed by atoms with Gasteiger partial charge in [-0.1, -0.05) is 30.3 Å². The molecule has 0 spiro atoms. The fourth-order valence-corrected chi connectivity index (χ4v) is 3.21. The van der Waals surface area contributed by atoms with Crippen LogP contribution in [0.5, 0.6) is 0 Å². The first-order valence-corrected chi connectivity index (χ1v) is 8.89. The van der Waals surface area contributed by atoms with Crippen molar-refractivity contribution in [2.24, 2.45) is 5.92 Å². The highest BCUT2D eigenvalue weighted by Gasteiger charge is 2.23. The van der Waals surface area contributed by atoms with Gasteiger partial charge in [-0.05, 0) is 56.9 Å². The van der Waals surface area contributed by atoms with E-state index < -0.39 is 0 Å². The molecule has 0 aliphatic carbocycles. The number of likely N-dealkylation sites (tertiary alicyclic amines) is 1. The van der Waals surface area contributed by atoms with Gasteiger partial charge in [0.1, 0.15) is 0 Å². The highest BCUT2D eigenvalue weighted by Crippen LogP contribution is 2.22. The van der Waals surface area contributed by atoms with Crippen molar-refractivity contribution in [2.45, 2.75) is 51.5 Å². The second kappa shape index (κ2) is 9.56. The highest BCUT2D eigenvalue weighted by molar-refractivity contribution is 5.74. The molecule has 1 atom stereocenters. The van der Waals surface area contributed by atoms with Crippen LogP contribution in [0.4, 0.5) is 4.79 Å². The maximum absolute atomic E-state index is 12.2. The van der Waals surface area contributed by atoms with Crippen LogP contribution in [-0.4, -0.2) is 41.8 Å². The first-order chi connectivity index (χ1) is 11.2. The van der Waals surface area contributed by atoms with Crippen LogP contribution < -0.4 is 5.32 Å². The minimum Gasteiger partial charge on any atom is -0.396 e. The molecule has 0 aromatic heterocycles. The van der Waals surface area contributed by atoms with Crippen LogP contribution in [0, 0.1) is 5.92 Å². The average Bonchev–Trinajstić information content (AvgIpc) is 2.59. The number of benzene rings is 1. The molecule has 1 heterocycles. The third-order valence-corrected chi connectivity index (χ3v) is 4.75. The topological polar surface area (TPSA) is 52.6 Å². The molecule has 23 heavy (non-hydrogen) atoms. The van der Waals surface area contributed by atoms with Crippen molar-refractivity contribution < 1.29 is 9.90 Å². The molecule has 4 nitrogen and oxygen atoms in total. The molecule has 128 valence electrons. The first-order valence-electron chi connectivity index (χ1n) is 8.89. The Morgan fingerprint density at radius 1 is 1.30 bits per heavy atom. The van der Waals surface area contributed by atoms with E-state index in [-0.39, 0.29) is 18.7 Å². The van der Waals surface area contributed by atoms with Crippen molar-refractivity contribution in [3.8, 4) is 0 Å². The largest absolute Gasteiger partial charge is 0.396 e. The molecule has 2 N–H and O–H groups in total. The van der Waals surface area contributed by atoms with E-state index in [0.717, 1.165) is 51.1 Å². The zero-order chi connectivity index (χ0) is 16.5. The van der Waals surface area contributed by atoms with E-state index in [0.29, 0.717) is 0 Å². The number of hydrogen-bond acceptors (Lipinski definition) is 2. The maximum Gasteiger partial charge on any atom is 0.317 e. The predicted molar refractivity (Wildman–Crippen MR) is 93.4 cm³/mol. The number of carbonyl (C=O) groups excluding carboxylic acids is 1. The minimum atomic E-state index is 0.0527. The van der Waals surface area contributed by atoms with Gasteiger partial charge >= 0.3 is 6.03 Å². The number of nitrogens with zero attached hydrogens (tertiary/aromatic N) is 1. The van der Waals surface area contributed by atoms with Crippen LogP contribution in [0.25, 0.3) is 0 Å². The summed E-state index contributed by atoms with van der Waals surface area (Å²) in [7, 11) is 0. The smallest absolute Gasteiger partial charge is 0.317 e. The number of aliphatic hydroxyl groups excluding tert-OH is 1. The van der Waals surface area contributed by atoms with Crippen LogP contribution >= 0.6 is 0 Å². The fraction of sp³-hybridized carbons (Fsp3) is 0.632. The lowest BCUT2D eigenvalue weighted by atomic mass is 9.90. The summed E-state index contributed by atoms with van der Waals surface area (Å²) in [5.41, 5.74) is 1.41. The van der Waals surface area contributed by atoms with Crippen LogP contribution in [0.1, 0.15) is 44.6 Å². The van der Waals surface area contributed by atoms with Gasteiger partial charge in [-0.15, -0.1) is 0 Å². The Morgan fingerprint density at radius 2 is 2.00 bits per heavy atom. The molecular formula is C19H30N2O2. The summed E-state index contributed by atoms with van der Waals surface area (Å²) >= 11 is 0. The number of nitrogens with one attached hydrogen (secondary N) is 1. The number of aliphatic hydroxyl groups is 1. The van der Waals surface area contributed by atoms with Gasteiger partial charge in [0.15, 0.2) is 0 Å². The van der Waals surface area contributed by atoms with Gasteiger partial charge in [-0.3, -0.25) is 0 Å². The van der Waals surface area contributed by atoms with Crippen LogP contribution in [-0.2, 0) is 6.42 Å². The van der Waals surface area contributed by atoms with Gasteiger partial charge in [-0.25, -0.2) is 4.79 Å².